The summed E-state index contributed by atoms with van der Waals surface area (Å²) >= 11 is 0. The highest BCUT2D eigenvalue weighted by atomic mass is 16.5. The van der Waals surface area contributed by atoms with Crippen LogP contribution in [0.2, 0.25) is 0 Å². The molecule has 4 heteroatoms. The van der Waals surface area contributed by atoms with Crippen molar-refractivity contribution in [1.82, 2.24) is 0 Å². The zero-order chi connectivity index (χ0) is 7.72. The van der Waals surface area contributed by atoms with Crippen molar-refractivity contribution in [2.75, 3.05) is 6.61 Å². The molecule has 0 aromatic carbocycles. The predicted octanol–water partition coefficient (Wildman–Crippen LogP) is -1.51. The minimum atomic E-state index is -0.944. The lowest BCUT2D eigenvalue weighted by Crippen LogP contribution is -2.33. The van der Waals surface area contributed by atoms with Gasteiger partial charge in [-0.15, -0.1) is 0 Å². The number of hydrogen-bond donors (Lipinski definition) is 3. The molecule has 0 aromatic rings. The third-order valence-electron chi connectivity index (χ3n) is 1.78. The van der Waals surface area contributed by atoms with Gasteiger partial charge in [-0.2, -0.15) is 0 Å². The molecule has 3 N–H and O–H groups in total. The molecule has 0 aromatic heterocycles. The highest BCUT2D eigenvalue weighted by Crippen LogP contribution is 2.19. The van der Waals surface area contributed by atoms with Gasteiger partial charge in [0.25, 0.3) is 0 Å². The van der Waals surface area contributed by atoms with E-state index in [0.29, 0.717) is 0 Å². The van der Waals surface area contributed by atoms with Gasteiger partial charge in [-0.1, -0.05) is 0 Å². The quantitative estimate of drug-likeness (QED) is 0.422. The van der Waals surface area contributed by atoms with Gasteiger partial charge in [0.2, 0.25) is 0 Å². The Morgan fingerprint density at radius 2 is 1.90 bits per heavy atom. The standard InChI is InChI=1S/C6H12O4/c1-3-5(8)6(9)4(2-7)10-3/h3-9H,2H2,1H3/t3?,4-,5+,6-/m0/s1. The van der Waals surface area contributed by atoms with Crippen molar-refractivity contribution in [3.05, 3.63) is 0 Å². The maximum absolute atomic E-state index is 9.09. The number of ether oxygens (including phenoxy) is 1. The van der Waals surface area contributed by atoms with Crippen LogP contribution in [0.3, 0.4) is 0 Å². The van der Waals surface area contributed by atoms with Gasteiger partial charge in [0.1, 0.15) is 18.3 Å². The lowest BCUT2D eigenvalue weighted by Gasteiger charge is -2.10. The largest absolute Gasteiger partial charge is 0.394 e. The maximum atomic E-state index is 9.09. The van der Waals surface area contributed by atoms with Crippen molar-refractivity contribution in [2.24, 2.45) is 0 Å². The minimum absolute atomic E-state index is 0.247. The molecule has 60 valence electrons. The molecule has 0 radical (unpaired) electrons. The third-order valence-corrected chi connectivity index (χ3v) is 1.78. The number of rotatable bonds is 1. The SMILES string of the molecule is CC1O[C@@H](CO)[C@H](O)[C@@H]1O. The summed E-state index contributed by atoms with van der Waals surface area (Å²) in [5.41, 5.74) is 0. The first-order chi connectivity index (χ1) is 4.66. The van der Waals surface area contributed by atoms with E-state index in [-0.39, 0.29) is 12.7 Å². The predicted molar refractivity (Wildman–Crippen MR) is 33.4 cm³/mol. The Kier molecular flexibility index (Phi) is 2.25. The topological polar surface area (TPSA) is 69.9 Å². The summed E-state index contributed by atoms with van der Waals surface area (Å²) in [7, 11) is 0. The van der Waals surface area contributed by atoms with Crippen LogP contribution < -0.4 is 0 Å². The lowest BCUT2D eigenvalue weighted by molar-refractivity contribution is -0.0171. The van der Waals surface area contributed by atoms with E-state index in [1.54, 1.807) is 6.92 Å². The molecule has 1 saturated heterocycles. The molecule has 1 heterocycles. The zero-order valence-corrected chi connectivity index (χ0v) is 5.77. The second kappa shape index (κ2) is 2.84. The second-order valence-corrected chi connectivity index (χ2v) is 2.54. The van der Waals surface area contributed by atoms with Gasteiger partial charge in [-0.25, -0.2) is 0 Å². The summed E-state index contributed by atoms with van der Waals surface area (Å²) in [5, 5.41) is 26.8. The molecule has 0 bridgehead atoms. The van der Waals surface area contributed by atoms with E-state index in [2.05, 4.69) is 0 Å². The Balaban J connectivity index is 2.53. The number of aliphatic hydroxyl groups excluding tert-OH is 3. The highest BCUT2D eigenvalue weighted by molar-refractivity contribution is 4.87. The first-order valence-electron chi connectivity index (χ1n) is 3.29. The van der Waals surface area contributed by atoms with Crippen molar-refractivity contribution in [3.63, 3.8) is 0 Å². The van der Waals surface area contributed by atoms with Gasteiger partial charge in [-0.05, 0) is 6.92 Å². The molecule has 0 aliphatic carbocycles. The summed E-state index contributed by atoms with van der Waals surface area (Å²) in [5.74, 6) is 0. The molecule has 1 unspecified atom stereocenters. The van der Waals surface area contributed by atoms with E-state index in [1.807, 2.05) is 0 Å². The molecule has 1 aliphatic rings. The first kappa shape index (κ1) is 7.94. The fraction of sp³-hybridized carbons (Fsp3) is 1.00. The number of aliphatic hydroxyl groups is 3. The van der Waals surface area contributed by atoms with Crippen LogP contribution in [0.1, 0.15) is 6.92 Å². The van der Waals surface area contributed by atoms with Gasteiger partial charge in [0, 0.05) is 0 Å². The Morgan fingerprint density at radius 1 is 1.30 bits per heavy atom. The van der Waals surface area contributed by atoms with Gasteiger partial charge in [0.05, 0.1) is 12.7 Å². The van der Waals surface area contributed by atoms with E-state index in [1.165, 1.54) is 0 Å². The molecule has 10 heavy (non-hydrogen) atoms. The van der Waals surface area contributed by atoms with Crippen LogP contribution in [-0.2, 0) is 4.74 Å². The third kappa shape index (κ3) is 1.15. The fourth-order valence-electron chi connectivity index (χ4n) is 1.09. The van der Waals surface area contributed by atoms with E-state index >= 15 is 0 Å². The summed E-state index contributed by atoms with van der Waals surface area (Å²) in [6.45, 7) is 1.41. The van der Waals surface area contributed by atoms with Crippen LogP contribution in [0.4, 0.5) is 0 Å². The normalized spacial score (nSPS) is 48.0. The molecule has 0 saturated carbocycles. The van der Waals surface area contributed by atoms with Crippen LogP contribution in [0, 0.1) is 0 Å². The molecule has 1 fully saturated rings. The zero-order valence-electron chi connectivity index (χ0n) is 5.77. The molecular formula is C6H12O4. The van der Waals surface area contributed by atoms with E-state index in [0.717, 1.165) is 0 Å². The van der Waals surface area contributed by atoms with Crippen LogP contribution >= 0.6 is 0 Å². The Labute approximate surface area is 59.1 Å². The van der Waals surface area contributed by atoms with Gasteiger partial charge >= 0.3 is 0 Å². The Hall–Kier alpha value is -0.160. The molecule has 0 amide bonds. The van der Waals surface area contributed by atoms with Crippen LogP contribution in [0.25, 0.3) is 0 Å². The maximum Gasteiger partial charge on any atom is 0.111 e. The summed E-state index contributed by atoms with van der Waals surface area (Å²) in [4.78, 5) is 0. The van der Waals surface area contributed by atoms with Gasteiger partial charge in [-0.3, -0.25) is 0 Å². The lowest BCUT2D eigenvalue weighted by atomic mass is 10.1. The van der Waals surface area contributed by atoms with Crippen molar-refractivity contribution < 1.29 is 20.1 Å². The van der Waals surface area contributed by atoms with Gasteiger partial charge < -0.3 is 20.1 Å². The molecule has 4 nitrogen and oxygen atoms in total. The minimum Gasteiger partial charge on any atom is -0.394 e. The molecule has 1 aliphatic heterocycles. The smallest absolute Gasteiger partial charge is 0.111 e. The van der Waals surface area contributed by atoms with E-state index < -0.39 is 18.3 Å². The second-order valence-electron chi connectivity index (χ2n) is 2.54. The van der Waals surface area contributed by atoms with Crippen molar-refractivity contribution in [1.29, 1.82) is 0 Å². The van der Waals surface area contributed by atoms with Crippen LogP contribution in [0.5, 0.6) is 0 Å². The number of hydrogen-bond acceptors (Lipinski definition) is 4. The fourth-order valence-corrected chi connectivity index (χ4v) is 1.09. The monoisotopic (exact) mass is 148 g/mol. The molecule has 4 atom stereocenters. The molecular weight excluding hydrogens is 136 g/mol. The first-order valence-corrected chi connectivity index (χ1v) is 3.29. The average molecular weight is 148 g/mol. The average Bonchev–Trinajstić information content (AvgIpc) is 2.17. The Bertz CT molecular complexity index is 116. The van der Waals surface area contributed by atoms with Crippen LogP contribution in [-0.4, -0.2) is 46.3 Å². The van der Waals surface area contributed by atoms with E-state index in [4.69, 9.17) is 20.1 Å². The van der Waals surface area contributed by atoms with Crippen molar-refractivity contribution >= 4 is 0 Å². The molecule has 0 spiro atoms. The summed E-state index contributed by atoms with van der Waals surface area (Å²) < 4.78 is 4.98. The molecule has 1 rings (SSSR count). The Morgan fingerprint density at radius 3 is 2.10 bits per heavy atom. The van der Waals surface area contributed by atoms with Gasteiger partial charge in [0.15, 0.2) is 0 Å². The van der Waals surface area contributed by atoms with Crippen molar-refractivity contribution in [2.45, 2.75) is 31.3 Å². The highest BCUT2D eigenvalue weighted by Gasteiger charge is 2.39. The van der Waals surface area contributed by atoms with E-state index in [9.17, 15) is 0 Å². The van der Waals surface area contributed by atoms with Crippen molar-refractivity contribution in [3.8, 4) is 0 Å². The summed E-state index contributed by atoms with van der Waals surface area (Å²) in [6, 6.07) is 0. The summed E-state index contributed by atoms with van der Waals surface area (Å²) in [6.07, 6.45) is -2.81. The van der Waals surface area contributed by atoms with Crippen LogP contribution in [0.15, 0.2) is 0 Å².